The third-order valence-electron chi connectivity index (χ3n) is 2.54. The van der Waals surface area contributed by atoms with Crippen molar-refractivity contribution in [3.8, 4) is 0 Å². The molecule has 1 rings (SSSR count). The monoisotopic (exact) mass is 202 g/mol. The van der Waals surface area contributed by atoms with E-state index < -0.39 is 12.2 Å². The molecule has 1 saturated heterocycles. The number of likely N-dealkylation sites (tertiary alicyclic amines) is 1. The lowest BCUT2D eigenvalue weighted by molar-refractivity contribution is -0.131. The van der Waals surface area contributed by atoms with Crippen LogP contribution in [0.25, 0.3) is 0 Å². The normalized spacial score (nSPS) is 29.3. The highest BCUT2D eigenvalue weighted by atomic mass is 16.3. The molecule has 1 amide bonds. The number of carbonyl (C=O) groups is 1. The molecule has 1 aliphatic heterocycles. The Labute approximate surface area is 83.5 Å². The number of nitrogens with two attached hydrogens (primary N) is 1. The van der Waals surface area contributed by atoms with Crippen LogP contribution in [0.5, 0.6) is 0 Å². The molecule has 1 aliphatic rings. The molecule has 0 aromatic carbocycles. The summed E-state index contributed by atoms with van der Waals surface area (Å²) in [6, 6.07) is 0. The number of hydrogen-bond acceptors (Lipinski definition) is 4. The summed E-state index contributed by atoms with van der Waals surface area (Å²) in [4.78, 5) is 13.0. The van der Waals surface area contributed by atoms with Crippen LogP contribution in [-0.4, -0.2) is 52.9 Å². The van der Waals surface area contributed by atoms with Gasteiger partial charge in [-0.25, -0.2) is 0 Å². The van der Waals surface area contributed by atoms with Crippen LogP contribution in [0.15, 0.2) is 0 Å². The molecule has 1 fully saturated rings. The van der Waals surface area contributed by atoms with Crippen LogP contribution in [0.2, 0.25) is 0 Å². The van der Waals surface area contributed by atoms with Crippen molar-refractivity contribution in [3.63, 3.8) is 0 Å². The third-order valence-corrected chi connectivity index (χ3v) is 2.54. The van der Waals surface area contributed by atoms with Gasteiger partial charge in [0.15, 0.2) is 0 Å². The number of β-amino-alcohol motifs (C(OH)–C–C–N with tert-alkyl or cyclic N) is 2. The maximum atomic E-state index is 11.6. The molecule has 5 nitrogen and oxygen atoms in total. The number of aliphatic hydroxyl groups excluding tert-OH is 2. The van der Waals surface area contributed by atoms with Crippen molar-refractivity contribution in [1.29, 1.82) is 0 Å². The minimum atomic E-state index is -0.799. The number of carbonyl (C=O) groups excluding carboxylic acids is 1. The summed E-state index contributed by atoms with van der Waals surface area (Å²) in [6.07, 6.45) is -1.21. The zero-order valence-corrected chi connectivity index (χ0v) is 8.39. The summed E-state index contributed by atoms with van der Waals surface area (Å²) in [7, 11) is 0. The Kier molecular flexibility index (Phi) is 3.86. The van der Waals surface area contributed by atoms with E-state index in [0.29, 0.717) is 13.0 Å². The van der Waals surface area contributed by atoms with Gasteiger partial charge in [-0.3, -0.25) is 4.79 Å². The molecule has 5 heteroatoms. The molecule has 0 aromatic heterocycles. The van der Waals surface area contributed by atoms with Gasteiger partial charge in [0.2, 0.25) is 5.91 Å². The Morgan fingerprint density at radius 1 is 1.50 bits per heavy atom. The van der Waals surface area contributed by atoms with Gasteiger partial charge in [0.25, 0.3) is 0 Å². The van der Waals surface area contributed by atoms with E-state index in [2.05, 4.69) is 0 Å². The van der Waals surface area contributed by atoms with E-state index in [4.69, 9.17) is 5.73 Å². The van der Waals surface area contributed by atoms with Crippen molar-refractivity contribution in [2.75, 3.05) is 19.6 Å². The van der Waals surface area contributed by atoms with E-state index in [1.807, 2.05) is 6.92 Å². The number of aliphatic hydroxyl groups is 2. The van der Waals surface area contributed by atoms with E-state index in [9.17, 15) is 15.0 Å². The zero-order chi connectivity index (χ0) is 10.7. The van der Waals surface area contributed by atoms with Crippen LogP contribution < -0.4 is 5.73 Å². The number of rotatable bonds is 3. The second kappa shape index (κ2) is 4.72. The zero-order valence-electron chi connectivity index (χ0n) is 8.39. The Morgan fingerprint density at radius 2 is 2.00 bits per heavy atom. The summed E-state index contributed by atoms with van der Waals surface area (Å²) in [5.74, 6) is 0.107. The molecule has 3 unspecified atom stereocenters. The SMILES string of the molecule is CC(CN)CC(=O)N1CC(O)C(O)C1. The highest BCUT2D eigenvalue weighted by molar-refractivity contribution is 5.76. The molecule has 1 heterocycles. The van der Waals surface area contributed by atoms with Gasteiger partial charge in [0.05, 0.1) is 12.2 Å². The lowest BCUT2D eigenvalue weighted by Gasteiger charge is -2.17. The first-order valence-corrected chi connectivity index (χ1v) is 4.88. The molecule has 82 valence electrons. The summed E-state index contributed by atoms with van der Waals surface area (Å²) in [5.41, 5.74) is 5.40. The lowest BCUT2D eigenvalue weighted by atomic mass is 10.1. The summed E-state index contributed by atoms with van der Waals surface area (Å²) in [5, 5.41) is 18.5. The van der Waals surface area contributed by atoms with Crippen molar-refractivity contribution >= 4 is 5.91 Å². The van der Waals surface area contributed by atoms with Crippen LogP contribution in [0.3, 0.4) is 0 Å². The Morgan fingerprint density at radius 3 is 2.43 bits per heavy atom. The molecule has 0 spiro atoms. The molecular weight excluding hydrogens is 184 g/mol. The highest BCUT2D eigenvalue weighted by Gasteiger charge is 2.32. The number of hydrogen-bond donors (Lipinski definition) is 3. The molecule has 0 aliphatic carbocycles. The van der Waals surface area contributed by atoms with Gasteiger partial charge in [-0.15, -0.1) is 0 Å². The molecule has 0 bridgehead atoms. The van der Waals surface area contributed by atoms with Crippen LogP contribution >= 0.6 is 0 Å². The highest BCUT2D eigenvalue weighted by Crippen LogP contribution is 2.13. The average molecular weight is 202 g/mol. The van der Waals surface area contributed by atoms with Gasteiger partial charge in [-0.2, -0.15) is 0 Å². The second-order valence-electron chi connectivity index (χ2n) is 3.98. The maximum absolute atomic E-state index is 11.6. The van der Waals surface area contributed by atoms with Crippen molar-refractivity contribution in [1.82, 2.24) is 4.90 Å². The predicted octanol–water partition coefficient (Wildman–Crippen LogP) is -1.46. The van der Waals surface area contributed by atoms with E-state index in [0.717, 1.165) is 0 Å². The molecular formula is C9H18N2O3. The molecule has 14 heavy (non-hydrogen) atoms. The average Bonchev–Trinajstić information content (AvgIpc) is 2.47. The molecule has 3 atom stereocenters. The van der Waals surface area contributed by atoms with Gasteiger partial charge in [0.1, 0.15) is 0 Å². The quantitative estimate of drug-likeness (QED) is 0.522. The lowest BCUT2D eigenvalue weighted by Crippen LogP contribution is -2.32. The third kappa shape index (κ3) is 2.67. The summed E-state index contributed by atoms with van der Waals surface area (Å²) < 4.78 is 0. The second-order valence-corrected chi connectivity index (χ2v) is 3.98. The van der Waals surface area contributed by atoms with Crippen LogP contribution in [0.1, 0.15) is 13.3 Å². The topological polar surface area (TPSA) is 86.8 Å². The minimum absolute atomic E-state index is 0.0430. The fourth-order valence-electron chi connectivity index (χ4n) is 1.48. The maximum Gasteiger partial charge on any atom is 0.223 e. The first kappa shape index (κ1) is 11.4. The van der Waals surface area contributed by atoms with E-state index in [1.165, 1.54) is 4.90 Å². The van der Waals surface area contributed by atoms with Crippen molar-refractivity contribution in [2.45, 2.75) is 25.6 Å². The van der Waals surface area contributed by atoms with Gasteiger partial charge in [0, 0.05) is 19.5 Å². The number of nitrogens with zero attached hydrogens (tertiary/aromatic N) is 1. The van der Waals surface area contributed by atoms with Crippen molar-refractivity contribution in [2.24, 2.45) is 11.7 Å². The standard InChI is InChI=1S/C9H18N2O3/c1-6(3-10)2-9(14)11-4-7(12)8(13)5-11/h6-8,12-13H,2-5,10H2,1H3. The smallest absolute Gasteiger partial charge is 0.223 e. The fraction of sp³-hybridized carbons (Fsp3) is 0.889. The first-order valence-electron chi connectivity index (χ1n) is 4.88. The van der Waals surface area contributed by atoms with Crippen molar-refractivity contribution in [3.05, 3.63) is 0 Å². The van der Waals surface area contributed by atoms with Gasteiger partial charge < -0.3 is 20.8 Å². The van der Waals surface area contributed by atoms with Crippen LogP contribution in [0.4, 0.5) is 0 Å². The largest absolute Gasteiger partial charge is 0.388 e. The fourth-order valence-corrected chi connectivity index (χ4v) is 1.48. The molecule has 0 aromatic rings. The van der Waals surface area contributed by atoms with Crippen LogP contribution in [-0.2, 0) is 4.79 Å². The Hall–Kier alpha value is -0.650. The number of amides is 1. The summed E-state index contributed by atoms with van der Waals surface area (Å²) >= 11 is 0. The van der Waals surface area contributed by atoms with Gasteiger partial charge in [-0.1, -0.05) is 6.92 Å². The molecule has 0 saturated carbocycles. The van der Waals surface area contributed by atoms with Gasteiger partial charge >= 0.3 is 0 Å². The Balaban J connectivity index is 2.39. The van der Waals surface area contributed by atoms with Crippen molar-refractivity contribution < 1.29 is 15.0 Å². The first-order chi connectivity index (χ1) is 6.54. The molecule has 0 radical (unpaired) electrons. The Bertz CT molecular complexity index is 200. The van der Waals surface area contributed by atoms with E-state index in [1.54, 1.807) is 0 Å². The van der Waals surface area contributed by atoms with E-state index >= 15 is 0 Å². The van der Waals surface area contributed by atoms with E-state index in [-0.39, 0.29) is 24.9 Å². The molecule has 4 N–H and O–H groups in total. The predicted molar refractivity (Wildman–Crippen MR) is 51.4 cm³/mol. The van der Waals surface area contributed by atoms with Crippen LogP contribution in [0, 0.1) is 5.92 Å². The summed E-state index contributed by atoms with van der Waals surface area (Å²) in [6.45, 7) is 2.85. The van der Waals surface area contributed by atoms with Gasteiger partial charge in [-0.05, 0) is 12.5 Å². The minimum Gasteiger partial charge on any atom is -0.388 e.